The number of imidazole rings is 1. The van der Waals surface area contributed by atoms with Crippen LogP contribution in [-0.4, -0.2) is 40.6 Å². The maximum Gasteiger partial charge on any atom is 0.126 e. The van der Waals surface area contributed by atoms with Crippen LogP contribution in [0, 0.1) is 5.82 Å². The van der Waals surface area contributed by atoms with Crippen molar-refractivity contribution < 1.29 is 4.39 Å². The summed E-state index contributed by atoms with van der Waals surface area (Å²) in [6.07, 6.45) is 0. The molecule has 0 spiro atoms. The molecule has 2 heterocycles. The second-order valence-electron chi connectivity index (χ2n) is 5.12. The number of fused-ring (bicyclic) bond motifs is 1. The summed E-state index contributed by atoms with van der Waals surface area (Å²) in [5, 5.41) is 3.35. The second kappa shape index (κ2) is 4.90. The van der Waals surface area contributed by atoms with Crippen molar-refractivity contribution in [3.63, 3.8) is 0 Å². The number of nitrogens with zero attached hydrogens (tertiary/aromatic N) is 3. The average molecular weight is 262 g/mol. The third-order valence-corrected chi connectivity index (χ3v) is 3.95. The van der Waals surface area contributed by atoms with Crippen LogP contribution in [-0.2, 0) is 7.05 Å². The third-order valence-electron chi connectivity index (χ3n) is 3.95. The number of nitrogens with one attached hydrogen (secondary N) is 1. The molecule has 1 aromatic carbocycles. The lowest BCUT2D eigenvalue weighted by molar-refractivity contribution is 0.177. The normalized spacial score (nSPS) is 18.9. The van der Waals surface area contributed by atoms with E-state index in [1.54, 1.807) is 6.07 Å². The zero-order chi connectivity index (χ0) is 13.4. The van der Waals surface area contributed by atoms with Gasteiger partial charge >= 0.3 is 0 Å². The van der Waals surface area contributed by atoms with Gasteiger partial charge in [-0.1, -0.05) is 0 Å². The lowest BCUT2D eigenvalue weighted by Gasteiger charge is -2.32. The quantitative estimate of drug-likeness (QED) is 0.894. The van der Waals surface area contributed by atoms with Crippen molar-refractivity contribution in [3.8, 4) is 0 Å². The van der Waals surface area contributed by atoms with Crippen LogP contribution >= 0.6 is 0 Å². The van der Waals surface area contributed by atoms with Crippen LogP contribution in [0.15, 0.2) is 18.2 Å². The van der Waals surface area contributed by atoms with E-state index in [-0.39, 0.29) is 11.9 Å². The lowest BCUT2D eigenvalue weighted by atomic mass is 10.2. The molecule has 1 aliphatic rings. The Balaban J connectivity index is 1.97. The number of halogens is 1. The lowest BCUT2D eigenvalue weighted by Crippen LogP contribution is -2.44. The Morgan fingerprint density at radius 1 is 1.32 bits per heavy atom. The standard InChI is InChI=1S/C14H19FN4/c1-10(19-7-5-16-6-8-19)14-17-12-9-11(15)3-4-13(12)18(14)2/h3-4,9-10,16H,5-8H2,1-2H3. The van der Waals surface area contributed by atoms with Gasteiger partial charge in [0, 0.05) is 39.3 Å². The Morgan fingerprint density at radius 3 is 2.79 bits per heavy atom. The molecule has 5 heteroatoms. The predicted octanol–water partition coefficient (Wildman–Crippen LogP) is 1.68. The molecule has 1 aromatic heterocycles. The number of hydrogen-bond donors (Lipinski definition) is 1. The van der Waals surface area contributed by atoms with Gasteiger partial charge in [-0.3, -0.25) is 4.90 Å². The highest BCUT2D eigenvalue weighted by molar-refractivity contribution is 5.76. The molecule has 0 aliphatic carbocycles. The van der Waals surface area contributed by atoms with Crippen molar-refractivity contribution in [3.05, 3.63) is 29.8 Å². The first kappa shape index (κ1) is 12.6. The van der Waals surface area contributed by atoms with Gasteiger partial charge in [0.05, 0.1) is 17.1 Å². The van der Waals surface area contributed by atoms with Gasteiger partial charge in [-0.25, -0.2) is 9.37 Å². The van der Waals surface area contributed by atoms with Gasteiger partial charge in [0.15, 0.2) is 0 Å². The molecule has 1 saturated heterocycles. The zero-order valence-electron chi connectivity index (χ0n) is 11.4. The maximum atomic E-state index is 13.3. The highest BCUT2D eigenvalue weighted by Crippen LogP contribution is 2.24. The second-order valence-corrected chi connectivity index (χ2v) is 5.12. The molecule has 0 bridgehead atoms. The number of piperazine rings is 1. The Morgan fingerprint density at radius 2 is 2.05 bits per heavy atom. The van der Waals surface area contributed by atoms with Gasteiger partial charge in [-0.2, -0.15) is 0 Å². The van der Waals surface area contributed by atoms with E-state index in [2.05, 4.69) is 26.7 Å². The van der Waals surface area contributed by atoms with Crippen molar-refractivity contribution >= 4 is 11.0 Å². The Bertz CT molecular complexity index is 586. The molecule has 1 unspecified atom stereocenters. The number of hydrogen-bond acceptors (Lipinski definition) is 3. The molecule has 4 nitrogen and oxygen atoms in total. The summed E-state index contributed by atoms with van der Waals surface area (Å²) >= 11 is 0. The van der Waals surface area contributed by atoms with E-state index < -0.39 is 0 Å². The molecule has 0 radical (unpaired) electrons. The summed E-state index contributed by atoms with van der Waals surface area (Å²) in [5.74, 6) is 0.773. The van der Waals surface area contributed by atoms with Gasteiger partial charge in [-0.15, -0.1) is 0 Å². The van der Waals surface area contributed by atoms with Gasteiger partial charge in [0.25, 0.3) is 0 Å². The fraction of sp³-hybridized carbons (Fsp3) is 0.500. The fourth-order valence-electron chi connectivity index (χ4n) is 2.80. The van der Waals surface area contributed by atoms with Gasteiger partial charge in [0.1, 0.15) is 11.6 Å². The van der Waals surface area contributed by atoms with Gasteiger partial charge in [0.2, 0.25) is 0 Å². The SMILES string of the molecule is CC(c1nc2cc(F)ccc2n1C)N1CCNCC1. The number of aryl methyl sites for hydroxylation is 1. The van der Waals surface area contributed by atoms with Crippen LogP contribution in [0.5, 0.6) is 0 Å². The van der Waals surface area contributed by atoms with E-state index in [9.17, 15) is 4.39 Å². The summed E-state index contributed by atoms with van der Waals surface area (Å²) in [5.41, 5.74) is 1.72. The van der Waals surface area contributed by atoms with Crippen molar-refractivity contribution in [1.82, 2.24) is 19.8 Å². The highest BCUT2D eigenvalue weighted by atomic mass is 19.1. The van der Waals surface area contributed by atoms with Crippen LogP contribution < -0.4 is 5.32 Å². The number of rotatable bonds is 2. The minimum Gasteiger partial charge on any atom is -0.330 e. The van der Waals surface area contributed by atoms with E-state index in [1.165, 1.54) is 12.1 Å². The van der Waals surface area contributed by atoms with E-state index in [0.29, 0.717) is 0 Å². The molecule has 1 fully saturated rings. The summed E-state index contributed by atoms with van der Waals surface area (Å²) in [4.78, 5) is 7.02. The van der Waals surface area contributed by atoms with Crippen LogP contribution in [0.4, 0.5) is 4.39 Å². The Labute approximate surface area is 112 Å². The largest absolute Gasteiger partial charge is 0.330 e. The zero-order valence-corrected chi connectivity index (χ0v) is 11.4. The smallest absolute Gasteiger partial charge is 0.126 e. The highest BCUT2D eigenvalue weighted by Gasteiger charge is 2.22. The van der Waals surface area contributed by atoms with Crippen molar-refractivity contribution in [2.75, 3.05) is 26.2 Å². The van der Waals surface area contributed by atoms with Crippen molar-refractivity contribution in [2.24, 2.45) is 7.05 Å². The van der Waals surface area contributed by atoms with Crippen molar-refractivity contribution in [1.29, 1.82) is 0 Å². The first-order chi connectivity index (χ1) is 9.16. The third kappa shape index (κ3) is 2.24. The minimum absolute atomic E-state index is 0.230. The van der Waals surface area contributed by atoms with E-state index in [4.69, 9.17) is 0 Å². The first-order valence-corrected chi connectivity index (χ1v) is 6.73. The van der Waals surface area contributed by atoms with Gasteiger partial charge < -0.3 is 9.88 Å². The molecule has 1 aliphatic heterocycles. The Hall–Kier alpha value is -1.46. The van der Waals surface area contributed by atoms with Gasteiger partial charge in [-0.05, 0) is 19.1 Å². The fourth-order valence-corrected chi connectivity index (χ4v) is 2.80. The summed E-state index contributed by atoms with van der Waals surface area (Å²) < 4.78 is 15.3. The molecule has 3 rings (SSSR count). The topological polar surface area (TPSA) is 33.1 Å². The van der Waals surface area contributed by atoms with Crippen LogP contribution in [0.3, 0.4) is 0 Å². The van der Waals surface area contributed by atoms with Crippen LogP contribution in [0.25, 0.3) is 11.0 Å². The molecule has 0 saturated carbocycles. The number of aromatic nitrogens is 2. The predicted molar refractivity (Wildman–Crippen MR) is 73.5 cm³/mol. The summed E-state index contributed by atoms with van der Waals surface area (Å²) in [6.45, 7) is 6.26. The van der Waals surface area contributed by atoms with Crippen LogP contribution in [0.2, 0.25) is 0 Å². The Kier molecular flexibility index (Phi) is 3.24. The van der Waals surface area contributed by atoms with Crippen LogP contribution in [0.1, 0.15) is 18.8 Å². The first-order valence-electron chi connectivity index (χ1n) is 6.73. The monoisotopic (exact) mass is 262 g/mol. The molecule has 0 amide bonds. The summed E-state index contributed by atoms with van der Waals surface area (Å²) in [7, 11) is 2.00. The summed E-state index contributed by atoms with van der Waals surface area (Å²) in [6, 6.07) is 5.04. The molecular weight excluding hydrogens is 243 g/mol. The average Bonchev–Trinajstić information content (AvgIpc) is 2.75. The molecule has 19 heavy (non-hydrogen) atoms. The molecule has 2 aromatic rings. The molecule has 1 N–H and O–H groups in total. The number of benzene rings is 1. The van der Waals surface area contributed by atoms with E-state index in [0.717, 1.165) is 43.0 Å². The maximum absolute atomic E-state index is 13.3. The minimum atomic E-state index is -0.230. The van der Waals surface area contributed by atoms with Crippen molar-refractivity contribution in [2.45, 2.75) is 13.0 Å². The van der Waals surface area contributed by atoms with E-state index in [1.807, 2.05) is 7.05 Å². The molecule has 102 valence electrons. The molecule has 1 atom stereocenters. The molecular formula is C14H19FN4. The van der Waals surface area contributed by atoms with E-state index >= 15 is 0 Å².